The molecule has 1 heterocycles. The van der Waals surface area contributed by atoms with Crippen LogP contribution in [-0.4, -0.2) is 50.9 Å². The molecule has 1 aliphatic rings. The van der Waals surface area contributed by atoms with Crippen LogP contribution in [0.2, 0.25) is 0 Å². The van der Waals surface area contributed by atoms with Crippen molar-refractivity contribution in [2.75, 3.05) is 19.4 Å². The predicted octanol–water partition coefficient (Wildman–Crippen LogP) is 3.43. The summed E-state index contributed by atoms with van der Waals surface area (Å²) in [5.74, 6) is 0.0118. The molecule has 2 aromatic rings. The number of carbonyl (C=O) groups is 1. The van der Waals surface area contributed by atoms with Crippen LogP contribution in [0.1, 0.15) is 25.3 Å². The summed E-state index contributed by atoms with van der Waals surface area (Å²) in [4.78, 5) is 14.0. The molecule has 1 fully saturated rings. The van der Waals surface area contributed by atoms with Crippen LogP contribution in [-0.2, 0) is 21.2 Å². The first-order chi connectivity index (χ1) is 13.9. The van der Waals surface area contributed by atoms with E-state index in [0.29, 0.717) is 19.4 Å². The van der Waals surface area contributed by atoms with Gasteiger partial charge in [0, 0.05) is 12.6 Å². The smallest absolute Gasteiger partial charge is 0.409 e. The second-order valence-corrected chi connectivity index (χ2v) is 9.31. The molecule has 6 nitrogen and oxygen atoms in total. The van der Waals surface area contributed by atoms with Crippen molar-refractivity contribution in [1.29, 1.82) is 0 Å². The van der Waals surface area contributed by atoms with Crippen molar-refractivity contribution in [2.45, 2.75) is 38.3 Å². The summed E-state index contributed by atoms with van der Waals surface area (Å²) < 4.78 is 32.2. The maximum Gasteiger partial charge on any atom is 0.409 e. The molecule has 29 heavy (non-hydrogen) atoms. The first-order valence-electron chi connectivity index (χ1n) is 9.92. The number of ether oxygens (including phenoxy) is 1. The number of hydrogen-bond donors (Lipinski definition) is 1. The van der Waals surface area contributed by atoms with Gasteiger partial charge in [-0.05, 0) is 42.9 Å². The monoisotopic (exact) mass is 416 g/mol. The Bertz CT molecular complexity index is 931. The van der Waals surface area contributed by atoms with E-state index in [2.05, 4.69) is 29.0 Å². The molecular weight excluding hydrogens is 388 g/mol. The van der Waals surface area contributed by atoms with E-state index in [9.17, 15) is 13.2 Å². The Morgan fingerprint density at radius 2 is 1.86 bits per heavy atom. The number of carbonyl (C=O) groups excluding carboxylic acids is 1. The number of likely N-dealkylation sites (tertiary alicyclic amines) is 1. The Morgan fingerprint density at radius 3 is 2.55 bits per heavy atom. The fraction of sp³-hybridized carbons (Fsp3) is 0.409. The first kappa shape index (κ1) is 21.3. The SMILES string of the molecule is CCS(=O)(=O)NC1CCCN(C(=O)OC)C1Cc1cccc(-c2ccccc2)c1. The van der Waals surface area contributed by atoms with Crippen LogP contribution in [0.5, 0.6) is 0 Å². The van der Waals surface area contributed by atoms with Gasteiger partial charge in [-0.2, -0.15) is 0 Å². The molecule has 156 valence electrons. The Balaban J connectivity index is 1.89. The third-order valence-corrected chi connectivity index (χ3v) is 6.80. The Hall–Kier alpha value is -2.38. The molecule has 0 saturated carbocycles. The molecule has 2 unspecified atom stereocenters. The zero-order chi connectivity index (χ0) is 20.9. The van der Waals surface area contributed by atoms with Crippen molar-refractivity contribution in [2.24, 2.45) is 0 Å². The van der Waals surface area contributed by atoms with E-state index in [1.807, 2.05) is 30.3 Å². The summed E-state index contributed by atoms with van der Waals surface area (Å²) in [7, 11) is -2.02. The largest absolute Gasteiger partial charge is 0.453 e. The zero-order valence-electron chi connectivity index (χ0n) is 16.9. The number of nitrogens with zero attached hydrogens (tertiary/aromatic N) is 1. The summed E-state index contributed by atoms with van der Waals surface area (Å²) in [5.41, 5.74) is 3.26. The van der Waals surface area contributed by atoms with E-state index in [0.717, 1.165) is 23.1 Å². The lowest BCUT2D eigenvalue weighted by atomic mass is 9.90. The number of rotatable bonds is 6. The molecule has 1 amide bonds. The second kappa shape index (κ2) is 9.41. The van der Waals surface area contributed by atoms with Gasteiger partial charge in [0.05, 0.1) is 18.9 Å². The second-order valence-electron chi connectivity index (χ2n) is 7.27. The fourth-order valence-corrected chi connectivity index (χ4v) is 4.76. The highest BCUT2D eigenvalue weighted by molar-refractivity contribution is 7.89. The van der Waals surface area contributed by atoms with Gasteiger partial charge in [-0.25, -0.2) is 17.9 Å². The molecule has 0 aromatic heterocycles. The lowest BCUT2D eigenvalue weighted by Gasteiger charge is -2.40. The van der Waals surface area contributed by atoms with Crippen LogP contribution < -0.4 is 4.72 Å². The summed E-state index contributed by atoms with van der Waals surface area (Å²) in [6.45, 7) is 2.17. The maximum absolute atomic E-state index is 12.4. The standard InChI is InChI=1S/C22H28N2O4S/c1-3-29(26,27)23-20-13-8-14-24(22(25)28-2)21(20)16-17-9-7-12-19(15-17)18-10-5-4-6-11-18/h4-7,9-12,15,20-21,23H,3,8,13-14,16H2,1-2H3. The highest BCUT2D eigenvalue weighted by atomic mass is 32.2. The van der Waals surface area contributed by atoms with Gasteiger partial charge < -0.3 is 9.64 Å². The molecule has 1 N–H and O–H groups in total. The molecule has 0 bridgehead atoms. The van der Waals surface area contributed by atoms with E-state index in [-0.39, 0.29) is 17.8 Å². The molecule has 2 atom stereocenters. The molecule has 0 aliphatic carbocycles. The lowest BCUT2D eigenvalue weighted by molar-refractivity contribution is 0.0792. The van der Waals surface area contributed by atoms with Gasteiger partial charge in [0.1, 0.15) is 0 Å². The first-order valence-corrected chi connectivity index (χ1v) is 11.6. The van der Waals surface area contributed by atoms with Crippen LogP contribution in [0, 0.1) is 0 Å². The van der Waals surface area contributed by atoms with Gasteiger partial charge >= 0.3 is 6.09 Å². The van der Waals surface area contributed by atoms with Crippen LogP contribution in [0.3, 0.4) is 0 Å². The van der Waals surface area contributed by atoms with E-state index in [1.54, 1.807) is 11.8 Å². The van der Waals surface area contributed by atoms with Crippen LogP contribution in [0.15, 0.2) is 54.6 Å². The number of benzene rings is 2. The minimum absolute atomic E-state index is 0.0118. The minimum atomic E-state index is -3.38. The fourth-order valence-electron chi connectivity index (χ4n) is 3.85. The number of hydrogen-bond acceptors (Lipinski definition) is 4. The van der Waals surface area contributed by atoms with Crippen molar-refractivity contribution in [3.63, 3.8) is 0 Å². The maximum atomic E-state index is 12.4. The van der Waals surface area contributed by atoms with Crippen LogP contribution >= 0.6 is 0 Å². The van der Waals surface area contributed by atoms with Crippen molar-refractivity contribution < 1.29 is 17.9 Å². The lowest BCUT2D eigenvalue weighted by Crippen LogP contribution is -2.58. The number of nitrogens with one attached hydrogen (secondary N) is 1. The van der Waals surface area contributed by atoms with Gasteiger partial charge in [0.2, 0.25) is 10.0 Å². The van der Waals surface area contributed by atoms with E-state index in [4.69, 9.17) is 4.74 Å². The van der Waals surface area contributed by atoms with Crippen LogP contribution in [0.4, 0.5) is 4.79 Å². The highest BCUT2D eigenvalue weighted by Gasteiger charge is 2.36. The molecule has 0 radical (unpaired) electrons. The van der Waals surface area contributed by atoms with Crippen LogP contribution in [0.25, 0.3) is 11.1 Å². The molecular formula is C22H28N2O4S. The summed E-state index contributed by atoms with van der Waals surface area (Å²) in [6.07, 6.45) is 1.55. The molecule has 2 aromatic carbocycles. The molecule has 0 spiro atoms. The molecule has 1 saturated heterocycles. The van der Waals surface area contributed by atoms with Crippen molar-refractivity contribution in [3.05, 3.63) is 60.2 Å². The normalized spacial score (nSPS) is 19.7. The average molecular weight is 417 g/mol. The third-order valence-electron chi connectivity index (χ3n) is 5.38. The van der Waals surface area contributed by atoms with Gasteiger partial charge in [-0.3, -0.25) is 0 Å². The Morgan fingerprint density at radius 1 is 1.14 bits per heavy atom. The minimum Gasteiger partial charge on any atom is -0.453 e. The average Bonchev–Trinajstić information content (AvgIpc) is 2.75. The van der Waals surface area contributed by atoms with Gasteiger partial charge in [-0.1, -0.05) is 54.6 Å². The third kappa shape index (κ3) is 5.36. The predicted molar refractivity (Wildman–Crippen MR) is 114 cm³/mol. The molecule has 3 rings (SSSR count). The van der Waals surface area contributed by atoms with Crippen molar-refractivity contribution in [3.8, 4) is 11.1 Å². The van der Waals surface area contributed by atoms with Gasteiger partial charge in [0.15, 0.2) is 0 Å². The van der Waals surface area contributed by atoms with Gasteiger partial charge in [0.25, 0.3) is 0 Å². The number of amides is 1. The quantitative estimate of drug-likeness (QED) is 0.783. The van der Waals surface area contributed by atoms with E-state index in [1.165, 1.54) is 7.11 Å². The summed E-state index contributed by atoms with van der Waals surface area (Å²) >= 11 is 0. The summed E-state index contributed by atoms with van der Waals surface area (Å²) in [5, 5.41) is 0. The summed E-state index contributed by atoms with van der Waals surface area (Å²) in [6, 6.07) is 17.6. The highest BCUT2D eigenvalue weighted by Crippen LogP contribution is 2.26. The number of sulfonamides is 1. The van der Waals surface area contributed by atoms with E-state index < -0.39 is 16.1 Å². The Labute approximate surface area is 172 Å². The Kier molecular flexibility index (Phi) is 6.92. The zero-order valence-corrected chi connectivity index (χ0v) is 17.7. The van der Waals surface area contributed by atoms with Crippen molar-refractivity contribution >= 4 is 16.1 Å². The van der Waals surface area contributed by atoms with E-state index >= 15 is 0 Å². The molecule has 7 heteroatoms. The topological polar surface area (TPSA) is 75.7 Å². The van der Waals surface area contributed by atoms with Gasteiger partial charge in [-0.15, -0.1) is 0 Å². The number of methoxy groups -OCH3 is 1. The number of piperidine rings is 1. The van der Waals surface area contributed by atoms with Crippen molar-refractivity contribution in [1.82, 2.24) is 9.62 Å². The molecule has 1 aliphatic heterocycles.